The van der Waals surface area contributed by atoms with Crippen LogP contribution in [0.4, 0.5) is 0 Å². The van der Waals surface area contributed by atoms with Gasteiger partial charge in [-0.1, -0.05) is 97.8 Å². The van der Waals surface area contributed by atoms with Crippen LogP contribution in [-0.2, 0) is 8.85 Å². The van der Waals surface area contributed by atoms with Gasteiger partial charge in [0.25, 0.3) is 0 Å². The molecule has 0 aromatic rings. The lowest BCUT2D eigenvalue weighted by Gasteiger charge is -2.26. The van der Waals surface area contributed by atoms with E-state index in [1.807, 2.05) is 0 Å². The lowest BCUT2D eigenvalue weighted by Crippen LogP contribution is -2.37. The number of hydrogen-bond donors (Lipinski definition) is 0. The first-order valence-corrected chi connectivity index (χ1v) is 14.1. The lowest BCUT2D eigenvalue weighted by atomic mass is 10.0. The van der Waals surface area contributed by atoms with E-state index in [4.69, 9.17) is 8.85 Å². The van der Waals surface area contributed by atoms with Crippen molar-refractivity contribution in [2.75, 3.05) is 13.2 Å². The highest BCUT2D eigenvalue weighted by Gasteiger charge is 2.25. The highest BCUT2D eigenvalue weighted by atomic mass is 28.4. The zero-order valence-electron chi connectivity index (χ0n) is 18.2. The highest BCUT2D eigenvalue weighted by Crippen LogP contribution is 2.17. The quantitative estimate of drug-likeness (QED) is 0.170. The van der Waals surface area contributed by atoms with Crippen LogP contribution in [0.15, 0.2) is 0 Å². The Morgan fingerprint density at radius 3 is 1.68 bits per heavy atom. The van der Waals surface area contributed by atoms with E-state index in [2.05, 4.69) is 33.9 Å². The summed E-state index contributed by atoms with van der Waals surface area (Å²) in [5, 5.41) is 0. The van der Waals surface area contributed by atoms with E-state index in [0.29, 0.717) is 5.92 Å². The molecular weight excluding hydrogens is 324 g/mol. The maximum absolute atomic E-state index is 6.19. The molecule has 0 N–H and O–H groups in total. The minimum atomic E-state index is -1.92. The van der Waals surface area contributed by atoms with Gasteiger partial charge in [0.1, 0.15) is 0 Å². The van der Waals surface area contributed by atoms with Crippen molar-refractivity contribution in [2.45, 2.75) is 124 Å². The standard InChI is InChI=1S/C22H48O2Si/c1-6-9-11-12-13-14-15-16-17-18-20-23-25(4,5)24-21-22(8-3)19-10-7-2/h22H,6-21H2,1-5H3. The Morgan fingerprint density at radius 2 is 1.16 bits per heavy atom. The summed E-state index contributed by atoms with van der Waals surface area (Å²) in [6.07, 6.45) is 18.9. The molecule has 0 aromatic heterocycles. The second-order valence-corrected chi connectivity index (χ2v) is 11.5. The second-order valence-electron chi connectivity index (χ2n) is 8.16. The average molecular weight is 373 g/mol. The van der Waals surface area contributed by atoms with Gasteiger partial charge in [-0.2, -0.15) is 0 Å². The normalized spacial score (nSPS) is 13.3. The third-order valence-electron chi connectivity index (χ3n) is 5.16. The zero-order chi connectivity index (χ0) is 18.8. The summed E-state index contributed by atoms with van der Waals surface area (Å²) in [6, 6.07) is 0. The molecule has 0 bridgehead atoms. The summed E-state index contributed by atoms with van der Waals surface area (Å²) >= 11 is 0. The predicted molar refractivity (Wildman–Crippen MR) is 115 cm³/mol. The Balaban J connectivity index is 3.52. The Hall–Kier alpha value is 0.137. The Labute approximate surface area is 160 Å². The monoisotopic (exact) mass is 372 g/mol. The zero-order valence-corrected chi connectivity index (χ0v) is 19.2. The van der Waals surface area contributed by atoms with Crippen LogP contribution in [0.25, 0.3) is 0 Å². The van der Waals surface area contributed by atoms with E-state index in [1.165, 1.54) is 89.9 Å². The van der Waals surface area contributed by atoms with Crippen LogP contribution in [0, 0.1) is 5.92 Å². The molecule has 0 saturated heterocycles. The van der Waals surface area contributed by atoms with Gasteiger partial charge in [0, 0.05) is 13.2 Å². The van der Waals surface area contributed by atoms with Gasteiger partial charge in [0.05, 0.1) is 0 Å². The van der Waals surface area contributed by atoms with Crippen molar-refractivity contribution in [3.63, 3.8) is 0 Å². The molecule has 3 heteroatoms. The van der Waals surface area contributed by atoms with Crippen LogP contribution in [0.2, 0.25) is 13.1 Å². The van der Waals surface area contributed by atoms with Crippen molar-refractivity contribution in [3.05, 3.63) is 0 Å². The van der Waals surface area contributed by atoms with Gasteiger partial charge in [0.15, 0.2) is 0 Å². The maximum atomic E-state index is 6.19. The van der Waals surface area contributed by atoms with Crippen LogP contribution in [0.3, 0.4) is 0 Å². The summed E-state index contributed by atoms with van der Waals surface area (Å²) in [7, 11) is -1.92. The molecule has 0 amide bonds. The van der Waals surface area contributed by atoms with E-state index in [1.54, 1.807) is 0 Å². The fourth-order valence-corrected chi connectivity index (χ4v) is 4.52. The molecule has 0 aliphatic rings. The average Bonchev–Trinajstić information content (AvgIpc) is 2.60. The van der Waals surface area contributed by atoms with Gasteiger partial charge in [0.2, 0.25) is 0 Å². The third kappa shape index (κ3) is 17.3. The molecule has 1 atom stereocenters. The van der Waals surface area contributed by atoms with E-state index in [9.17, 15) is 0 Å². The van der Waals surface area contributed by atoms with E-state index in [-0.39, 0.29) is 0 Å². The fourth-order valence-electron chi connectivity index (χ4n) is 3.17. The van der Waals surface area contributed by atoms with Crippen molar-refractivity contribution in [3.8, 4) is 0 Å². The minimum absolute atomic E-state index is 0.715. The topological polar surface area (TPSA) is 18.5 Å². The molecule has 0 fully saturated rings. The first kappa shape index (κ1) is 25.1. The fraction of sp³-hybridized carbons (Fsp3) is 1.00. The Bertz CT molecular complexity index is 269. The molecule has 1 unspecified atom stereocenters. The number of rotatable bonds is 19. The minimum Gasteiger partial charge on any atom is -0.395 e. The van der Waals surface area contributed by atoms with Crippen LogP contribution in [-0.4, -0.2) is 21.8 Å². The van der Waals surface area contributed by atoms with Crippen LogP contribution in [0.1, 0.15) is 111 Å². The first-order chi connectivity index (χ1) is 12.1. The summed E-state index contributed by atoms with van der Waals surface area (Å²) in [5.41, 5.74) is 0. The molecular formula is C22H48O2Si. The Kier molecular flexibility index (Phi) is 17.6. The van der Waals surface area contributed by atoms with Crippen LogP contribution < -0.4 is 0 Å². The molecule has 0 spiro atoms. The van der Waals surface area contributed by atoms with Gasteiger partial charge in [-0.05, 0) is 31.9 Å². The molecule has 0 radical (unpaired) electrons. The molecule has 0 heterocycles. The van der Waals surface area contributed by atoms with Gasteiger partial charge in [-0.15, -0.1) is 0 Å². The summed E-state index contributed by atoms with van der Waals surface area (Å²) in [5.74, 6) is 0.715. The molecule has 0 aromatic carbocycles. The predicted octanol–water partition coefficient (Wildman–Crippen LogP) is 7.86. The summed E-state index contributed by atoms with van der Waals surface area (Å²) < 4.78 is 12.3. The third-order valence-corrected chi connectivity index (χ3v) is 6.92. The molecule has 25 heavy (non-hydrogen) atoms. The highest BCUT2D eigenvalue weighted by molar-refractivity contribution is 6.64. The Morgan fingerprint density at radius 1 is 0.640 bits per heavy atom. The van der Waals surface area contributed by atoms with E-state index in [0.717, 1.165) is 13.2 Å². The van der Waals surface area contributed by atoms with Crippen molar-refractivity contribution in [1.82, 2.24) is 0 Å². The van der Waals surface area contributed by atoms with Gasteiger partial charge < -0.3 is 8.85 Å². The molecule has 0 aliphatic carbocycles. The summed E-state index contributed by atoms with van der Waals surface area (Å²) in [4.78, 5) is 0. The van der Waals surface area contributed by atoms with Crippen molar-refractivity contribution < 1.29 is 8.85 Å². The molecule has 0 saturated carbocycles. The molecule has 0 aliphatic heterocycles. The van der Waals surface area contributed by atoms with Crippen LogP contribution in [0.5, 0.6) is 0 Å². The van der Waals surface area contributed by atoms with Crippen molar-refractivity contribution in [2.24, 2.45) is 5.92 Å². The smallest absolute Gasteiger partial charge is 0.331 e. The van der Waals surface area contributed by atoms with E-state index < -0.39 is 8.56 Å². The number of unbranched alkanes of at least 4 members (excludes halogenated alkanes) is 10. The SMILES string of the molecule is CCCCCCCCCCCCO[Si](C)(C)OCC(CC)CCCC. The van der Waals surface area contributed by atoms with Gasteiger partial charge in [-0.3, -0.25) is 0 Å². The molecule has 2 nitrogen and oxygen atoms in total. The second kappa shape index (κ2) is 17.5. The largest absolute Gasteiger partial charge is 0.395 e. The first-order valence-electron chi connectivity index (χ1n) is 11.3. The number of hydrogen-bond acceptors (Lipinski definition) is 2. The van der Waals surface area contributed by atoms with Gasteiger partial charge in [-0.25, -0.2) is 0 Å². The molecule has 152 valence electrons. The van der Waals surface area contributed by atoms with Crippen molar-refractivity contribution in [1.29, 1.82) is 0 Å². The lowest BCUT2D eigenvalue weighted by molar-refractivity contribution is 0.146. The van der Waals surface area contributed by atoms with Gasteiger partial charge >= 0.3 is 8.56 Å². The summed E-state index contributed by atoms with van der Waals surface area (Å²) in [6.45, 7) is 13.0. The van der Waals surface area contributed by atoms with E-state index >= 15 is 0 Å². The van der Waals surface area contributed by atoms with Crippen LogP contribution >= 0.6 is 0 Å². The molecule has 0 rings (SSSR count). The van der Waals surface area contributed by atoms with Crippen molar-refractivity contribution >= 4 is 8.56 Å². The maximum Gasteiger partial charge on any atom is 0.331 e.